The second kappa shape index (κ2) is 8.81. The molecule has 1 aromatic rings. The smallest absolute Gasteiger partial charge is 0.261 e. The van der Waals surface area contributed by atoms with Crippen molar-refractivity contribution in [1.82, 2.24) is 10.2 Å². The van der Waals surface area contributed by atoms with Gasteiger partial charge in [0.05, 0.1) is 4.47 Å². The van der Waals surface area contributed by atoms with Crippen LogP contribution in [-0.4, -0.2) is 42.6 Å². The maximum atomic E-state index is 13.1. The molecule has 0 aromatic heterocycles. The van der Waals surface area contributed by atoms with Crippen molar-refractivity contribution in [3.63, 3.8) is 0 Å². The van der Waals surface area contributed by atoms with Gasteiger partial charge in [0.15, 0.2) is 6.10 Å². The van der Waals surface area contributed by atoms with E-state index in [9.17, 15) is 9.18 Å². The SMILES string of the molecule is CC1CCCN(CC(C)NC(=O)C(C)Oc2ccc(F)cc2Br)C1. The van der Waals surface area contributed by atoms with Gasteiger partial charge in [-0.25, -0.2) is 4.39 Å². The number of benzene rings is 1. The molecule has 134 valence electrons. The van der Waals surface area contributed by atoms with Crippen LogP contribution in [0.2, 0.25) is 0 Å². The van der Waals surface area contributed by atoms with Crippen molar-refractivity contribution >= 4 is 21.8 Å². The predicted octanol–water partition coefficient (Wildman–Crippen LogP) is 3.59. The summed E-state index contributed by atoms with van der Waals surface area (Å²) in [6.07, 6.45) is 1.86. The van der Waals surface area contributed by atoms with Crippen LogP contribution >= 0.6 is 15.9 Å². The van der Waals surface area contributed by atoms with E-state index in [1.807, 2.05) is 6.92 Å². The number of carbonyl (C=O) groups is 1. The van der Waals surface area contributed by atoms with Gasteiger partial charge >= 0.3 is 0 Å². The monoisotopic (exact) mass is 400 g/mol. The van der Waals surface area contributed by atoms with Crippen molar-refractivity contribution in [1.29, 1.82) is 0 Å². The number of halogens is 2. The number of likely N-dealkylation sites (tertiary alicyclic amines) is 1. The molecule has 2 rings (SSSR count). The Morgan fingerprint density at radius 3 is 2.92 bits per heavy atom. The molecule has 4 nitrogen and oxygen atoms in total. The summed E-state index contributed by atoms with van der Waals surface area (Å²) in [5.74, 6) is 0.663. The predicted molar refractivity (Wildman–Crippen MR) is 96.6 cm³/mol. The van der Waals surface area contributed by atoms with E-state index in [1.165, 1.54) is 31.0 Å². The van der Waals surface area contributed by atoms with Crippen molar-refractivity contribution < 1.29 is 13.9 Å². The molecule has 3 unspecified atom stereocenters. The number of hydrogen-bond donors (Lipinski definition) is 1. The first-order chi connectivity index (χ1) is 11.3. The third-order valence-corrected chi connectivity index (χ3v) is 4.85. The Hall–Kier alpha value is -1.14. The highest BCUT2D eigenvalue weighted by Gasteiger charge is 2.21. The average molecular weight is 401 g/mol. The minimum atomic E-state index is -0.644. The maximum Gasteiger partial charge on any atom is 0.261 e. The van der Waals surface area contributed by atoms with Gasteiger partial charge in [0.1, 0.15) is 11.6 Å². The number of piperidine rings is 1. The summed E-state index contributed by atoms with van der Waals surface area (Å²) in [5.41, 5.74) is 0. The largest absolute Gasteiger partial charge is 0.480 e. The highest BCUT2D eigenvalue weighted by atomic mass is 79.9. The van der Waals surface area contributed by atoms with Crippen LogP contribution in [0.3, 0.4) is 0 Å². The molecule has 0 radical (unpaired) electrons. The number of nitrogens with zero attached hydrogens (tertiary/aromatic N) is 1. The van der Waals surface area contributed by atoms with Gasteiger partial charge in [0, 0.05) is 19.1 Å². The van der Waals surface area contributed by atoms with Crippen LogP contribution in [0, 0.1) is 11.7 Å². The Balaban J connectivity index is 1.82. The summed E-state index contributed by atoms with van der Waals surface area (Å²) < 4.78 is 19.2. The molecular formula is C18H26BrFN2O2. The molecule has 0 saturated carbocycles. The van der Waals surface area contributed by atoms with Crippen molar-refractivity contribution in [3.05, 3.63) is 28.5 Å². The fourth-order valence-corrected chi connectivity index (χ4v) is 3.50. The zero-order chi connectivity index (χ0) is 17.7. The second-order valence-corrected chi connectivity index (χ2v) is 7.61. The lowest BCUT2D eigenvalue weighted by atomic mass is 10.00. The highest BCUT2D eigenvalue weighted by molar-refractivity contribution is 9.10. The zero-order valence-corrected chi connectivity index (χ0v) is 16.1. The van der Waals surface area contributed by atoms with Crippen molar-refractivity contribution in [2.24, 2.45) is 5.92 Å². The van der Waals surface area contributed by atoms with Crippen LogP contribution in [0.25, 0.3) is 0 Å². The lowest BCUT2D eigenvalue weighted by Gasteiger charge is -2.33. The molecule has 3 atom stereocenters. The van der Waals surface area contributed by atoms with Crippen molar-refractivity contribution in [2.45, 2.75) is 45.8 Å². The molecule has 1 aliphatic rings. The summed E-state index contributed by atoms with van der Waals surface area (Å²) in [4.78, 5) is 14.7. The van der Waals surface area contributed by atoms with E-state index in [1.54, 1.807) is 6.92 Å². The molecule has 1 amide bonds. The molecule has 0 aliphatic carbocycles. The zero-order valence-electron chi connectivity index (χ0n) is 14.5. The minimum absolute atomic E-state index is 0.0607. The maximum absolute atomic E-state index is 13.1. The van der Waals surface area contributed by atoms with Crippen molar-refractivity contribution in [2.75, 3.05) is 19.6 Å². The summed E-state index contributed by atoms with van der Waals surface area (Å²) >= 11 is 3.24. The number of nitrogens with one attached hydrogen (secondary N) is 1. The Morgan fingerprint density at radius 2 is 2.25 bits per heavy atom. The molecule has 1 saturated heterocycles. The van der Waals surface area contributed by atoms with Crippen LogP contribution in [-0.2, 0) is 4.79 Å². The Morgan fingerprint density at radius 1 is 1.50 bits per heavy atom. The quantitative estimate of drug-likeness (QED) is 0.792. The molecule has 1 N–H and O–H groups in total. The van der Waals surface area contributed by atoms with Gasteiger partial charge in [0.2, 0.25) is 0 Å². The first kappa shape index (κ1) is 19.2. The van der Waals surface area contributed by atoms with E-state index < -0.39 is 6.10 Å². The molecule has 1 aliphatic heterocycles. The number of hydrogen-bond acceptors (Lipinski definition) is 3. The van der Waals surface area contributed by atoms with Crippen molar-refractivity contribution in [3.8, 4) is 5.75 Å². The second-order valence-electron chi connectivity index (χ2n) is 6.75. The molecule has 24 heavy (non-hydrogen) atoms. The topological polar surface area (TPSA) is 41.6 Å². The summed E-state index contributed by atoms with van der Waals surface area (Å²) in [6, 6.07) is 4.21. The normalized spacial score (nSPS) is 21.1. The van der Waals surface area contributed by atoms with Gasteiger partial charge in [-0.1, -0.05) is 6.92 Å². The molecule has 1 fully saturated rings. The fraction of sp³-hybridized carbons (Fsp3) is 0.611. The fourth-order valence-electron chi connectivity index (χ4n) is 3.06. The average Bonchev–Trinajstić information content (AvgIpc) is 2.49. The van der Waals surface area contributed by atoms with Crippen LogP contribution in [0.1, 0.15) is 33.6 Å². The van der Waals surface area contributed by atoms with Gasteiger partial charge < -0.3 is 15.0 Å². The van der Waals surface area contributed by atoms with E-state index in [0.29, 0.717) is 10.2 Å². The Bertz CT molecular complexity index is 570. The summed E-state index contributed by atoms with van der Waals surface area (Å²) in [5, 5.41) is 3.00. The molecule has 0 bridgehead atoms. The van der Waals surface area contributed by atoms with E-state index >= 15 is 0 Å². The third-order valence-electron chi connectivity index (χ3n) is 4.23. The van der Waals surface area contributed by atoms with E-state index in [-0.39, 0.29) is 17.8 Å². The Labute approximate surface area is 151 Å². The van der Waals surface area contributed by atoms with Gasteiger partial charge in [-0.3, -0.25) is 4.79 Å². The molecule has 1 aromatic carbocycles. The first-order valence-corrected chi connectivity index (χ1v) is 9.29. The molecular weight excluding hydrogens is 375 g/mol. The van der Waals surface area contributed by atoms with Crippen LogP contribution in [0.5, 0.6) is 5.75 Å². The first-order valence-electron chi connectivity index (χ1n) is 8.49. The van der Waals surface area contributed by atoms with Gasteiger partial charge in [-0.2, -0.15) is 0 Å². The number of rotatable bonds is 6. The summed E-state index contributed by atoms with van der Waals surface area (Å²) in [6.45, 7) is 9.02. The third kappa shape index (κ3) is 5.74. The lowest BCUT2D eigenvalue weighted by Crippen LogP contribution is -2.48. The molecule has 6 heteroatoms. The molecule has 0 spiro atoms. The van der Waals surface area contributed by atoms with Crippen LogP contribution < -0.4 is 10.1 Å². The van der Waals surface area contributed by atoms with Crippen LogP contribution in [0.4, 0.5) is 4.39 Å². The van der Waals surface area contributed by atoms with Crippen LogP contribution in [0.15, 0.2) is 22.7 Å². The lowest BCUT2D eigenvalue weighted by molar-refractivity contribution is -0.128. The van der Waals surface area contributed by atoms with E-state index in [2.05, 4.69) is 33.1 Å². The number of carbonyl (C=O) groups excluding carboxylic acids is 1. The van der Waals surface area contributed by atoms with Gasteiger partial charge in [-0.05, 0) is 73.3 Å². The Kier molecular flexibility index (Phi) is 7.04. The number of ether oxygens (including phenoxy) is 1. The standard InChI is InChI=1S/C18H26BrFN2O2/c1-12-5-4-8-22(10-12)11-13(2)21-18(23)14(3)24-17-7-6-15(20)9-16(17)19/h6-7,9,12-14H,4-5,8,10-11H2,1-3H3,(H,21,23). The summed E-state index contributed by atoms with van der Waals surface area (Å²) in [7, 11) is 0. The molecule has 1 heterocycles. The van der Waals surface area contributed by atoms with E-state index in [4.69, 9.17) is 4.74 Å². The highest BCUT2D eigenvalue weighted by Crippen LogP contribution is 2.26. The number of amides is 1. The van der Waals surface area contributed by atoms with Gasteiger partial charge in [0.25, 0.3) is 5.91 Å². The van der Waals surface area contributed by atoms with Gasteiger partial charge in [-0.15, -0.1) is 0 Å². The minimum Gasteiger partial charge on any atom is -0.480 e. The van der Waals surface area contributed by atoms with E-state index in [0.717, 1.165) is 25.6 Å².